The van der Waals surface area contributed by atoms with E-state index in [2.05, 4.69) is 33.6 Å². The van der Waals surface area contributed by atoms with Crippen molar-refractivity contribution in [3.05, 3.63) is 17.3 Å². The molecule has 0 unspecified atom stereocenters. The van der Waals surface area contributed by atoms with Gasteiger partial charge >= 0.3 is 0 Å². The van der Waals surface area contributed by atoms with Crippen molar-refractivity contribution in [1.82, 2.24) is 15.3 Å². The number of nitrogens with zero attached hydrogens (tertiary/aromatic N) is 2. The van der Waals surface area contributed by atoms with Crippen LogP contribution >= 0.6 is 11.3 Å². The molecule has 2 aromatic rings. The van der Waals surface area contributed by atoms with E-state index < -0.39 is 0 Å². The van der Waals surface area contributed by atoms with Gasteiger partial charge in [-0.15, -0.1) is 11.3 Å². The molecule has 5 nitrogen and oxygen atoms in total. The van der Waals surface area contributed by atoms with Crippen molar-refractivity contribution in [2.75, 3.05) is 11.9 Å². The van der Waals surface area contributed by atoms with Gasteiger partial charge < -0.3 is 10.6 Å². The van der Waals surface area contributed by atoms with Gasteiger partial charge in [-0.05, 0) is 32.3 Å². The Morgan fingerprint density at radius 3 is 3.10 bits per heavy atom. The normalized spacial score (nSPS) is 14.4. The molecule has 0 bridgehead atoms. The van der Waals surface area contributed by atoms with E-state index in [0.717, 1.165) is 41.8 Å². The predicted molar refractivity (Wildman–Crippen MR) is 81.0 cm³/mol. The fraction of sp³-hybridized carbons (Fsp3) is 0.500. The van der Waals surface area contributed by atoms with Crippen LogP contribution in [-0.2, 0) is 4.79 Å². The molecule has 2 N–H and O–H groups in total. The molecule has 1 aliphatic carbocycles. The van der Waals surface area contributed by atoms with Gasteiger partial charge in [0.25, 0.3) is 0 Å². The summed E-state index contributed by atoms with van der Waals surface area (Å²) >= 11 is 1.67. The Morgan fingerprint density at radius 1 is 1.45 bits per heavy atom. The molecule has 2 heterocycles. The molecule has 3 rings (SSSR count). The number of carbonyl (C=O) groups is 1. The van der Waals surface area contributed by atoms with Crippen LogP contribution in [0.1, 0.15) is 30.6 Å². The van der Waals surface area contributed by atoms with E-state index in [-0.39, 0.29) is 5.91 Å². The molecule has 2 aromatic heterocycles. The fourth-order valence-electron chi connectivity index (χ4n) is 2.10. The summed E-state index contributed by atoms with van der Waals surface area (Å²) in [4.78, 5) is 22.3. The lowest BCUT2D eigenvalue weighted by atomic mass is 10.3. The Hall–Kier alpha value is -1.69. The van der Waals surface area contributed by atoms with Crippen LogP contribution in [0.3, 0.4) is 0 Å². The van der Waals surface area contributed by atoms with Gasteiger partial charge in [0, 0.05) is 23.9 Å². The molecule has 1 aliphatic rings. The third-order valence-electron chi connectivity index (χ3n) is 3.27. The molecule has 1 saturated carbocycles. The first-order chi connectivity index (χ1) is 9.72. The average Bonchev–Trinajstić information content (AvgIpc) is 3.13. The summed E-state index contributed by atoms with van der Waals surface area (Å²) in [5, 5.41) is 7.36. The SMILES string of the molecule is Cc1cc2c(NCCCC(=O)NC3CC3)ncnc2s1. The van der Waals surface area contributed by atoms with Gasteiger partial charge in [-0.25, -0.2) is 9.97 Å². The summed E-state index contributed by atoms with van der Waals surface area (Å²) in [5.41, 5.74) is 0. The molecular weight excluding hydrogens is 272 g/mol. The van der Waals surface area contributed by atoms with E-state index in [1.807, 2.05) is 0 Å². The van der Waals surface area contributed by atoms with Crippen molar-refractivity contribution in [3.63, 3.8) is 0 Å². The second kappa shape index (κ2) is 5.75. The van der Waals surface area contributed by atoms with Crippen LogP contribution in [-0.4, -0.2) is 28.5 Å². The quantitative estimate of drug-likeness (QED) is 0.802. The zero-order valence-electron chi connectivity index (χ0n) is 11.5. The topological polar surface area (TPSA) is 66.9 Å². The average molecular weight is 290 g/mol. The first-order valence-corrected chi connectivity index (χ1v) is 7.78. The van der Waals surface area contributed by atoms with Crippen molar-refractivity contribution in [2.45, 2.75) is 38.6 Å². The Kier molecular flexibility index (Phi) is 3.82. The Balaban J connectivity index is 1.50. The molecule has 0 radical (unpaired) electrons. The van der Waals surface area contributed by atoms with Gasteiger partial charge in [-0.1, -0.05) is 0 Å². The van der Waals surface area contributed by atoms with E-state index in [4.69, 9.17) is 0 Å². The van der Waals surface area contributed by atoms with Crippen LogP contribution in [0.15, 0.2) is 12.4 Å². The second-order valence-corrected chi connectivity index (χ2v) is 6.41. The van der Waals surface area contributed by atoms with Gasteiger partial charge in [0.2, 0.25) is 5.91 Å². The Bertz CT molecular complexity index is 621. The number of amides is 1. The van der Waals surface area contributed by atoms with E-state index in [9.17, 15) is 4.79 Å². The number of rotatable bonds is 6. The number of carbonyl (C=O) groups excluding carboxylic acids is 1. The van der Waals surface area contributed by atoms with Crippen LogP contribution < -0.4 is 10.6 Å². The van der Waals surface area contributed by atoms with Crippen molar-refractivity contribution < 1.29 is 4.79 Å². The minimum atomic E-state index is 0.161. The maximum absolute atomic E-state index is 11.6. The minimum Gasteiger partial charge on any atom is -0.369 e. The highest BCUT2D eigenvalue weighted by atomic mass is 32.1. The molecule has 0 aromatic carbocycles. The van der Waals surface area contributed by atoms with Crippen LogP contribution in [0.2, 0.25) is 0 Å². The van der Waals surface area contributed by atoms with Crippen molar-refractivity contribution in [1.29, 1.82) is 0 Å². The maximum atomic E-state index is 11.6. The van der Waals surface area contributed by atoms with E-state index >= 15 is 0 Å². The Labute approximate surface area is 121 Å². The molecule has 106 valence electrons. The van der Waals surface area contributed by atoms with Crippen molar-refractivity contribution >= 4 is 33.3 Å². The van der Waals surface area contributed by atoms with E-state index in [1.54, 1.807) is 17.7 Å². The monoisotopic (exact) mass is 290 g/mol. The molecular formula is C14H18N4OS. The molecule has 20 heavy (non-hydrogen) atoms. The number of aromatic nitrogens is 2. The minimum absolute atomic E-state index is 0.161. The molecule has 1 amide bonds. The van der Waals surface area contributed by atoms with Crippen LogP contribution in [0.4, 0.5) is 5.82 Å². The zero-order chi connectivity index (χ0) is 13.9. The van der Waals surface area contributed by atoms with Gasteiger partial charge in [-0.3, -0.25) is 4.79 Å². The van der Waals surface area contributed by atoms with Crippen LogP contribution in [0.5, 0.6) is 0 Å². The molecule has 0 aliphatic heterocycles. The summed E-state index contributed by atoms with van der Waals surface area (Å²) in [5.74, 6) is 1.02. The smallest absolute Gasteiger partial charge is 0.220 e. The van der Waals surface area contributed by atoms with Gasteiger partial charge in [0.1, 0.15) is 17.0 Å². The number of nitrogens with one attached hydrogen (secondary N) is 2. The van der Waals surface area contributed by atoms with E-state index in [0.29, 0.717) is 12.5 Å². The summed E-state index contributed by atoms with van der Waals surface area (Å²) < 4.78 is 0. The third-order valence-corrected chi connectivity index (χ3v) is 4.23. The lowest BCUT2D eigenvalue weighted by Gasteiger charge is -2.06. The van der Waals surface area contributed by atoms with Crippen LogP contribution in [0, 0.1) is 6.92 Å². The molecule has 1 fully saturated rings. The summed E-state index contributed by atoms with van der Waals surface area (Å²) in [7, 11) is 0. The highest BCUT2D eigenvalue weighted by Crippen LogP contribution is 2.27. The van der Waals surface area contributed by atoms with Gasteiger partial charge in [0.15, 0.2) is 0 Å². The van der Waals surface area contributed by atoms with Gasteiger partial charge in [-0.2, -0.15) is 0 Å². The van der Waals surface area contributed by atoms with Gasteiger partial charge in [0.05, 0.1) is 5.39 Å². The zero-order valence-corrected chi connectivity index (χ0v) is 12.3. The standard InChI is InChI=1S/C14H18N4OS/c1-9-7-11-13(16-8-17-14(11)20-9)15-6-2-3-12(19)18-10-4-5-10/h7-8,10H,2-6H2,1H3,(H,18,19)(H,15,16,17). The predicted octanol–water partition coefficient (Wildman–Crippen LogP) is 2.47. The third kappa shape index (κ3) is 3.25. The maximum Gasteiger partial charge on any atom is 0.220 e. The molecule has 0 atom stereocenters. The Morgan fingerprint density at radius 2 is 2.30 bits per heavy atom. The summed E-state index contributed by atoms with van der Waals surface area (Å²) in [6, 6.07) is 2.55. The lowest BCUT2D eigenvalue weighted by Crippen LogP contribution is -2.25. The number of hydrogen-bond donors (Lipinski definition) is 2. The number of hydrogen-bond acceptors (Lipinski definition) is 5. The van der Waals surface area contributed by atoms with Crippen molar-refractivity contribution in [2.24, 2.45) is 0 Å². The first-order valence-electron chi connectivity index (χ1n) is 6.97. The molecule has 6 heteroatoms. The summed E-state index contributed by atoms with van der Waals surface area (Å²) in [6.07, 6.45) is 5.24. The largest absolute Gasteiger partial charge is 0.369 e. The summed E-state index contributed by atoms with van der Waals surface area (Å²) in [6.45, 7) is 2.82. The first kappa shape index (κ1) is 13.3. The van der Waals surface area contributed by atoms with Crippen molar-refractivity contribution in [3.8, 4) is 0 Å². The highest BCUT2D eigenvalue weighted by Gasteiger charge is 2.22. The van der Waals surface area contributed by atoms with E-state index in [1.165, 1.54) is 4.88 Å². The second-order valence-electron chi connectivity index (χ2n) is 5.17. The number of anilines is 1. The number of thiophene rings is 1. The molecule has 0 saturated heterocycles. The number of fused-ring (bicyclic) bond motifs is 1. The van der Waals surface area contributed by atoms with Crippen LogP contribution in [0.25, 0.3) is 10.2 Å². The number of aryl methyl sites for hydroxylation is 1. The highest BCUT2D eigenvalue weighted by molar-refractivity contribution is 7.18. The molecule has 0 spiro atoms. The fourth-order valence-corrected chi connectivity index (χ4v) is 2.95. The lowest BCUT2D eigenvalue weighted by molar-refractivity contribution is -0.121.